The second-order valence-corrected chi connectivity index (χ2v) is 1.73. The molecule has 1 N–H and O–H groups in total. The van der Waals surface area contributed by atoms with Gasteiger partial charge in [-0.25, -0.2) is 0 Å². The standard InChI is InChI=1S/C4H10.Li.H2O/c1-4(2)3;;/h4H,1-3H3;;1H2/q;+1;/p-1. The first-order valence-electron chi connectivity index (χ1n) is 1.73. The van der Waals surface area contributed by atoms with Crippen molar-refractivity contribution in [3.05, 3.63) is 0 Å². The molecule has 0 aromatic carbocycles. The summed E-state index contributed by atoms with van der Waals surface area (Å²) in [6.07, 6.45) is 0. The first-order valence-corrected chi connectivity index (χ1v) is 1.73. The zero-order chi connectivity index (χ0) is 3.58. The Hall–Kier alpha value is 0.557. The zero-order valence-corrected chi connectivity index (χ0v) is 5.02. The summed E-state index contributed by atoms with van der Waals surface area (Å²) in [5.41, 5.74) is 0. The van der Waals surface area contributed by atoms with Crippen molar-refractivity contribution in [1.82, 2.24) is 0 Å². The molecule has 0 bridgehead atoms. The molecule has 0 aliphatic heterocycles. The summed E-state index contributed by atoms with van der Waals surface area (Å²) in [6, 6.07) is 0. The molecule has 0 rings (SSSR count). The summed E-state index contributed by atoms with van der Waals surface area (Å²) < 4.78 is 0. The third-order valence-electron chi connectivity index (χ3n) is 0. The van der Waals surface area contributed by atoms with Crippen LogP contribution in [-0.4, -0.2) is 5.48 Å². The monoisotopic (exact) mass is 82.1 g/mol. The van der Waals surface area contributed by atoms with E-state index < -0.39 is 0 Å². The second kappa shape index (κ2) is 9.12. The van der Waals surface area contributed by atoms with Gasteiger partial charge in [0.25, 0.3) is 0 Å². The van der Waals surface area contributed by atoms with Gasteiger partial charge in [0.05, 0.1) is 0 Å². The molecule has 0 spiro atoms. The van der Waals surface area contributed by atoms with Crippen molar-refractivity contribution in [1.29, 1.82) is 0 Å². The van der Waals surface area contributed by atoms with Crippen LogP contribution in [0.15, 0.2) is 0 Å². The number of rotatable bonds is 0. The molecule has 0 unspecified atom stereocenters. The molecule has 0 radical (unpaired) electrons. The molecule has 6 heavy (non-hydrogen) atoms. The minimum absolute atomic E-state index is 0. The van der Waals surface area contributed by atoms with E-state index in [1.165, 1.54) is 0 Å². The van der Waals surface area contributed by atoms with Crippen LogP contribution in [0.4, 0.5) is 0 Å². The molecule has 0 fully saturated rings. The molecule has 0 aromatic rings. The molecule has 2 heteroatoms. The van der Waals surface area contributed by atoms with E-state index in [4.69, 9.17) is 0 Å². The van der Waals surface area contributed by atoms with Gasteiger partial charge in [0, 0.05) is 0 Å². The quantitative estimate of drug-likeness (QED) is 0.327. The maximum atomic E-state index is 2.17. The Bertz CT molecular complexity index is 12.3. The van der Waals surface area contributed by atoms with Crippen molar-refractivity contribution in [3.8, 4) is 0 Å². The van der Waals surface area contributed by atoms with E-state index in [1.807, 2.05) is 0 Å². The molecular weight excluding hydrogens is 71.0 g/mol. The summed E-state index contributed by atoms with van der Waals surface area (Å²) in [6.45, 7) is 6.50. The Balaban J connectivity index is -0.0000000450. The largest absolute Gasteiger partial charge is 1.00 e. The third-order valence-corrected chi connectivity index (χ3v) is 0. The predicted octanol–water partition coefficient (Wildman–Crippen LogP) is -1.51. The van der Waals surface area contributed by atoms with Crippen LogP contribution in [0.1, 0.15) is 20.8 Å². The minimum Gasteiger partial charge on any atom is -0.870 e. The Morgan fingerprint density at radius 3 is 1.00 bits per heavy atom. The van der Waals surface area contributed by atoms with Crippen molar-refractivity contribution >= 4 is 0 Å². The van der Waals surface area contributed by atoms with Crippen LogP contribution in [0.3, 0.4) is 0 Å². The molecule has 0 aliphatic rings. The molecule has 0 saturated carbocycles. The first kappa shape index (κ1) is 16.0. The third kappa shape index (κ3) is 186. The molecule has 0 saturated heterocycles. The van der Waals surface area contributed by atoms with E-state index in [1.54, 1.807) is 0 Å². The fraction of sp³-hybridized carbons (Fsp3) is 1.00. The van der Waals surface area contributed by atoms with Crippen LogP contribution in [0.25, 0.3) is 0 Å². The van der Waals surface area contributed by atoms with Gasteiger partial charge in [-0.15, -0.1) is 0 Å². The summed E-state index contributed by atoms with van der Waals surface area (Å²) in [4.78, 5) is 0. The zero-order valence-electron chi connectivity index (χ0n) is 5.02. The van der Waals surface area contributed by atoms with Gasteiger partial charge in [-0.05, 0) is 5.92 Å². The SMILES string of the molecule is CC(C)C.[Li+].[OH-]. The fourth-order valence-corrected chi connectivity index (χ4v) is 0. The van der Waals surface area contributed by atoms with Crippen LogP contribution < -0.4 is 18.9 Å². The molecule has 1 nitrogen and oxygen atoms in total. The summed E-state index contributed by atoms with van der Waals surface area (Å²) in [7, 11) is 0. The van der Waals surface area contributed by atoms with E-state index in [2.05, 4.69) is 20.8 Å². The summed E-state index contributed by atoms with van der Waals surface area (Å²) in [5, 5.41) is 0. The Kier molecular flexibility index (Phi) is 24.3. The molecular formula is C4H11LiO. The Morgan fingerprint density at radius 2 is 1.00 bits per heavy atom. The first-order chi connectivity index (χ1) is 1.73. The van der Waals surface area contributed by atoms with Gasteiger partial charge < -0.3 is 5.48 Å². The van der Waals surface area contributed by atoms with Crippen molar-refractivity contribution in [3.63, 3.8) is 0 Å². The number of hydrogen-bond acceptors (Lipinski definition) is 1. The van der Waals surface area contributed by atoms with E-state index in [-0.39, 0.29) is 24.3 Å². The molecule has 0 aliphatic carbocycles. The van der Waals surface area contributed by atoms with Crippen LogP contribution >= 0.6 is 0 Å². The Labute approximate surface area is 51.6 Å². The van der Waals surface area contributed by atoms with E-state index >= 15 is 0 Å². The van der Waals surface area contributed by atoms with E-state index in [9.17, 15) is 0 Å². The normalized spacial score (nSPS) is 6.00. The van der Waals surface area contributed by atoms with Crippen molar-refractivity contribution in [2.75, 3.05) is 0 Å². The molecule has 0 aromatic heterocycles. The minimum atomic E-state index is 0. The average Bonchev–Trinajstić information content (AvgIpc) is 0.811. The van der Waals surface area contributed by atoms with Crippen LogP contribution in [0, 0.1) is 5.92 Å². The smallest absolute Gasteiger partial charge is 0.870 e. The maximum absolute atomic E-state index is 2.17. The Morgan fingerprint density at radius 1 is 1.00 bits per heavy atom. The van der Waals surface area contributed by atoms with Crippen molar-refractivity contribution in [2.45, 2.75) is 20.8 Å². The topological polar surface area (TPSA) is 30.0 Å². The van der Waals surface area contributed by atoms with Gasteiger partial charge in [-0.1, -0.05) is 20.8 Å². The van der Waals surface area contributed by atoms with Gasteiger partial charge in [0.2, 0.25) is 0 Å². The summed E-state index contributed by atoms with van der Waals surface area (Å²) >= 11 is 0. The van der Waals surface area contributed by atoms with Gasteiger partial charge in [-0.3, -0.25) is 0 Å². The van der Waals surface area contributed by atoms with Crippen LogP contribution in [0.5, 0.6) is 0 Å². The van der Waals surface area contributed by atoms with Gasteiger partial charge >= 0.3 is 18.9 Å². The molecule has 0 heterocycles. The van der Waals surface area contributed by atoms with E-state index in [0.717, 1.165) is 5.92 Å². The molecule has 0 amide bonds. The van der Waals surface area contributed by atoms with Crippen molar-refractivity contribution in [2.24, 2.45) is 5.92 Å². The van der Waals surface area contributed by atoms with Gasteiger partial charge in [0.15, 0.2) is 0 Å². The second-order valence-electron chi connectivity index (χ2n) is 1.73. The maximum Gasteiger partial charge on any atom is 1.00 e. The van der Waals surface area contributed by atoms with Gasteiger partial charge in [0.1, 0.15) is 0 Å². The molecule has 34 valence electrons. The van der Waals surface area contributed by atoms with Crippen LogP contribution in [-0.2, 0) is 0 Å². The predicted molar refractivity (Wildman–Crippen MR) is 22.4 cm³/mol. The van der Waals surface area contributed by atoms with E-state index in [0.29, 0.717) is 0 Å². The van der Waals surface area contributed by atoms with Crippen LogP contribution in [0.2, 0.25) is 0 Å². The van der Waals surface area contributed by atoms with Gasteiger partial charge in [-0.2, -0.15) is 0 Å². The number of hydrogen-bond donors (Lipinski definition) is 0. The average molecular weight is 82.1 g/mol. The fourth-order valence-electron chi connectivity index (χ4n) is 0. The molecule has 0 atom stereocenters. The van der Waals surface area contributed by atoms with Crippen molar-refractivity contribution < 1.29 is 24.3 Å². The summed E-state index contributed by atoms with van der Waals surface area (Å²) in [5.74, 6) is 0.833.